The molecule has 0 amide bonds. The third-order valence-corrected chi connectivity index (χ3v) is 5.21. The van der Waals surface area contributed by atoms with Crippen molar-refractivity contribution in [3.63, 3.8) is 0 Å². The van der Waals surface area contributed by atoms with E-state index in [-0.39, 0.29) is 0 Å². The van der Waals surface area contributed by atoms with Crippen LogP contribution in [0.15, 0.2) is 23.1 Å². The Morgan fingerprint density at radius 2 is 1.88 bits per heavy atom. The normalized spacial score (nSPS) is 25.6. The molecule has 2 unspecified atom stereocenters. The van der Waals surface area contributed by atoms with Gasteiger partial charge in [-0.05, 0) is 38.3 Å². The first-order valence-corrected chi connectivity index (χ1v) is 7.54. The Morgan fingerprint density at radius 1 is 1.12 bits per heavy atom. The zero-order valence-electron chi connectivity index (χ0n) is 10.9. The molecule has 2 rings (SSSR count). The summed E-state index contributed by atoms with van der Waals surface area (Å²) in [6, 6.07) is 7.09. The minimum atomic E-state index is 0.377. The lowest BCUT2D eigenvalue weighted by atomic mass is 10.1. The van der Waals surface area contributed by atoms with E-state index in [1.807, 2.05) is 11.8 Å². The number of benzene rings is 1. The smallest absolute Gasteiger partial charge is 0.0246 e. The molecule has 94 valence electrons. The highest BCUT2D eigenvalue weighted by Gasteiger charge is 2.21. The largest absolute Gasteiger partial charge is 0.327 e. The molecule has 0 bridgehead atoms. The average molecular weight is 249 g/mol. The van der Waals surface area contributed by atoms with Gasteiger partial charge in [0.25, 0.3) is 0 Å². The zero-order valence-corrected chi connectivity index (χ0v) is 11.7. The third kappa shape index (κ3) is 3.49. The van der Waals surface area contributed by atoms with E-state index >= 15 is 0 Å². The molecule has 1 aliphatic carbocycles. The van der Waals surface area contributed by atoms with Crippen molar-refractivity contribution < 1.29 is 0 Å². The minimum Gasteiger partial charge on any atom is -0.327 e. The molecular weight excluding hydrogens is 226 g/mol. The lowest BCUT2D eigenvalue weighted by Crippen LogP contribution is -2.31. The maximum absolute atomic E-state index is 6.29. The maximum Gasteiger partial charge on any atom is 0.0246 e. The molecule has 0 radical (unpaired) electrons. The van der Waals surface area contributed by atoms with E-state index in [2.05, 4.69) is 32.0 Å². The van der Waals surface area contributed by atoms with Crippen molar-refractivity contribution in [3.8, 4) is 0 Å². The predicted molar refractivity (Wildman–Crippen MR) is 76.6 cm³/mol. The first-order valence-electron chi connectivity index (χ1n) is 6.66. The van der Waals surface area contributed by atoms with Gasteiger partial charge in [-0.1, -0.05) is 37.0 Å². The van der Waals surface area contributed by atoms with Crippen LogP contribution < -0.4 is 5.73 Å². The molecule has 1 aromatic carbocycles. The van der Waals surface area contributed by atoms with Crippen LogP contribution in [-0.4, -0.2) is 11.3 Å². The van der Waals surface area contributed by atoms with Crippen LogP contribution in [0.25, 0.3) is 0 Å². The highest BCUT2D eigenvalue weighted by molar-refractivity contribution is 8.00. The maximum atomic E-state index is 6.29. The van der Waals surface area contributed by atoms with Gasteiger partial charge in [0, 0.05) is 16.2 Å². The van der Waals surface area contributed by atoms with Gasteiger partial charge >= 0.3 is 0 Å². The van der Waals surface area contributed by atoms with Crippen molar-refractivity contribution in [2.45, 2.75) is 62.1 Å². The Morgan fingerprint density at radius 3 is 2.71 bits per heavy atom. The zero-order chi connectivity index (χ0) is 12.3. The van der Waals surface area contributed by atoms with E-state index in [4.69, 9.17) is 5.73 Å². The fourth-order valence-corrected chi connectivity index (χ4v) is 3.88. The van der Waals surface area contributed by atoms with E-state index in [1.54, 1.807) is 0 Å². The minimum absolute atomic E-state index is 0.377. The molecule has 1 fully saturated rings. The van der Waals surface area contributed by atoms with Crippen LogP contribution in [0, 0.1) is 13.8 Å². The molecule has 0 aromatic heterocycles. The first kappa shape index (κ1) is 13.0. The molecule has 2 atom stereocenters. The first-order chi connectivity index (χ1) is 8.16. The highest BCUT2D eigenvalue weighted by atomic mass is 32.2. The monoisotopic (exact) mass is 249 g/mol. The molecule has 2 heteroatoms. The summed E-state index contributed by atoms with van der Waals surface area (Å²) in [5.74, 6) is 0. The Kier molecular flexibility index (Phi) is 4.52. The summed E-state index contributed by atoms with van der Waals surface area (Å²) in [7, 11) is 0. The fraction of sp³-hybridized carbons (Fsp3) is 0.600. The lowest BCUT2D eigenvalue weighted by Gasteiger charge is -2.21. The van der Waals surface area contributed by atoms with E-state index < -0.39 is 0 Å². The van der Waals surface area contributed by atoms with Crippen molar-refractivity contribution in [1.82, 2.24) is 0 Å². The molecule has 0 heterocycles. The van der Waals surface area contributed by atoms with Crippen LogP contribution in [0.4, 0.5) is 0 Å². The summed E-state index contributed by atoms with van der Waals surface area (Å²) in [5.41, 5.74) is 9.03. The van der Waals surface area contributed by atoms with Gasteiger partial charge in [0.2, 0.25) is 0 Å². The van der Waals surface area contributed by atoms with Crippen molar-refractivity contribution in [3.05, 3.63) is 29.3 Å². The number of rotatable bonds is 2. The van der Waals surface area contributed by atoms with Crippen LogP contribution in [0.2, 0.25) is 0 Å². The molecule has 17 heavy (non-hydrogen) atoms. The highest BCUT2D eigenvalue weighted by Crippen LogP contribution is 2.34. The summed E-state index contributed by atoms with van der Waals surface area (Å²) in [5, 5.41) is 0.609. The van der Waals surface area contributed by atoms with Crippen LogP contribution in [0.3, 0.4) is 0 Å². The van der Waals surface area contributed by atoms with Crippen molar-refractivity contribution >= 4 is 11.8 Å². The number of hydrogen-bond acceptors (Lipinski definition) is 2. The quantitative estimate of drug-likeness (QED) is 0.800. The Labute approximate surface area is 109 Å². The summed E-state index contributed by atoms with van der Waals surface area (Å²) >= 11 is 2.00. The van der Waals surface area contributed by atoms with Gasteiger partial charge in [-0.2, -0.15) is 0 Å². The molecular formula is C15H23NS. The SMILES string of the molecule is Cc1ccc(C)c(SC2CCCCCC2N)c1. The second-order valence-corrected chi connectivity index (χ2v) is 6.51. The number of thioether (sulfide) groups is 1. The molecule has 1 aliphatic rings. The number of aryl methyl sites for hydroxylation is 2. The van der Waals surface area contributed by atoms with Crippen molar-refractivity contribution in [2.75, 3.05) is 0 Å². The molecule has 2 N–H and O–H groups in total. The summed E-state index contributed by atoms with van der Waals surface area (Å²) in [6.45, 7) is 4.36. The van der Waals surface area contributed by atoms with Crippen molar-refractivity contribution in [1.29, 1.82) is 0 Å². The number of hydrogen-bond donors (Lipinski definition) is 1. The molecule has 0 aliphatic heterocycles. The summed E-state index contributed by atoms with van der Waals surface area (Å²) in [4.78, 5) is 1.42. The van der Waals surface area contributed by atoms with Crippen LogP contribution in [0.5, 0.6) is 0 Å². The third-order valence-electron chi connectivity index (χ3n) is 3.63. The van der Waals surface area contributed by atoms with Crippen LogP contribution >= 0.6 is 11.8 Å². The second kappa shape index (κ2) is 5.92. The molecule has 1 saturated carbocycles. The van der Waals surface area contributed by atoms with Crippen LogP contribution in [-0.2, 0) is 0 Å². The topological polar surface area (TPSA) is 26.0 Å². The van der Waals surface area contributed by atoms with Crippen molar-refractivity contribution in [2.24, 2.45) is 5.73 Å². The Hall–Kier alpha value is -0.470. The Bertz CT molecular complexity index is 375. The standard InChI is InChI=1S/C15H23NS/c1-11-8-9-12(2)15(10-11)17-14-7-5-3-4-6-13(14)16/h8-10,13-14H,3-7,16H2,1-2H3. The predicted octanol–water partition coefficient (Wildman–Crippen LogP) is 4.06. The number of nitrogens with two attached hydrogens (primary N) is 1. The summed E-state index contributed by atoms with van der Waals surface area (Å²) < 4.78 is 0. The average Bonchev–Trinajstić information content (AvgIpc) is 2.50. The lowest BCUT2D eigenvalue weighted by molar-refractivity contribution is 0.596. The van der Waals surface area contributed by atoms with E-state index in [0.29, 0.717) is 11.3 Å². The van der Waals surface area contributed by atoms with E-state index in [0.717, 1.165) is 0 Å². The van der Waals surface area contributed by atoms with Gasteiger partial charge in [0.1, 0.15) is 0 Å². The Balaban J connectivity index is 2.10. The van der Waals surface area contributed by atoms with Gasteiger partial charge < -0.3 is 5.73 Å². The molecule has 1 nitrogen and oxygen atoms in total. The van der Waals surface area contributed by atoms with E-state index in [9.17, 15) is 0 Å². The van der Waals surface area contributed by atoms with Gasteiger partial charge in [0.05, 0.1) is 0 Å². The van der Waals surface area contributed by atoms with Crippen LogP contribution in [0.1, 0.15) is 43.2 Å². The van der Waals surface area contributed by atoms with Gasteiger partial charge in [0.15, 0.2) is 0 Å². The second-order valence-electron chi connectivity index (χ2n) is 5.23. The van der Waals surface area contributed by atoms with E-state index in [1.165, 1.54) is 48.1 Å². The summed E-state index contributed by atoms with van der Waals surface area (Å²) in [6.07, 6.45) is 6.49. The fourth-order valence-electron chi connectivity index (χ4n) is 2.45. The molecule has 0 spiro atoms. The molecule has 0 saturated heterocycles. The van der Waals surface area contributed by atoms with Gasteiger partial charge in [-0.25, -0.2) is 0 Å². The van der Waals surface area contributed by atoms with Gasteiger partial charge in [-0.3, -0.25) is 0 Å². The van der Waals surface area contributed by atoms with Gasteiger partial charge in [-0.15, -0.1) is 11.8 Å². The molecule has 1 aromatic rings.